The van der Waals surface area contributed by atoms with Gasteiger partial charge in [0.15, 0.2) is 0 Å². The summed E-state index contributed by atoms with van der Waals surface area (Å²) in [5.74, 6) is -0.418. The first-order valence-corrected chi connectivity index (χ1v) is 12.5. The molecule has 0 radical (unpaired) electrons. The van der Waals surface area contributed by atoms with Gasteiger partial charge in [0.05, 0.1) is 59.3 Å². The molecule has 5 heterocycles. The fraction of sp³-hybridized carbons (Fsp3) is 0.375. The molecule has 1 aliphatic heterocycles. The summed E-state index contributed by atoms with van der Waals surface area (Å²) in [6.07, 6.45) is 10.8. The topological polar surface area (TPSA) is 119 Å². The maximum absolute atomic E-state index is 13.1. The summed E-state index contributed by atoms with van der Waals surface area (Å²) in [6, 6.07) is 1.99. The van der Waals surface area contributed by atoms with Gasteiger partial charge in [-0.2, -0.15) is 10.2 Å². The van der Waals surface area contributed by atoms with E-state index >= 15 is 0 Å². The molecule has 2 amide bonds. The maximum atomic E-state index is 13.1. The van der Waals surface area contributed by atoms with E-state index in [0.717, 1.165) is 34.7 Å². The lowest BCUT2D eigenvalue weighted by atomic mass is 10.2. The van der Waals surface area contributed by atoms with Crippen LogP contribution in [0.4, 0.5) is 11.4 Å². The number of hydrogen-bond acceptors (Lipinski definition) is 8. The lowest BCUT2D eigenvalue weighted by Crippen LogP contribution is -2.38. The molecule has 4 aromatic rings. The molecule has 1 aliphatic rings. The van der Waals surface area contributed by atoms with Crippen LogP contribution < -0.4 is 10.6 Å². The molecule has 36 heavy (non-hydrogen) atoms. The molecule has 2 N–H and O–H groups in total. The number of aromatic nitrogens is 5. The van der Waals surface area contributed by atoms with Gasteiger partial charge in [-0.3, -0.25) is 24.2 Å². The number of nitrogens with one attached hydrogen (secondary N) is 2. The van der Waals surface area contributed by atoms with Crippen molar-refractivity contribution in [3.63, 3.8) is 0 Å². The number of carbonyl (C=O) groups excluding carboxylic acids is 2. The number of anilines is 2. The highest BCUT2D eigenvalue weighted by Crippen LogP contribution is 2.30. The zero-order chi connectivity index (χ0) is 25.2. The van der Waals surface area contributed by atoms with E-state index in [9.17, 15) is 9.59 Å². The predicted octanol–water partition coefficient (Wildman–Crippen LogP) is 3.29. The molecule has 1 atom stereocenters. The van der Waals surface area contributed by atoms with Crippen molar-refractivity contribution in [2.45, 2.75) is 25.8 Å². The van der Waals surface area contributed by atoms with Crippen LogP contribution in [-0.4, -0.2) is 73.9 Å². The second-order valence-corrected chi connectivity index (χ2v) is 9.92. The number of rotatable bonds is 8. The molecule has 0 aliphatic carbocycles. The second kappa shape index (κ2) is 10.2. The minimum Gasteiger partial charge on any atom is -0.383 e. The number of ether oxygens (including phenoxy) is 1. The van der Waals surface area contributed by atoms with Crippen molar-refractivity contribution in [1.29, 1.82) is 0 Å². The average Bonchev–Trinajstić information content (AvgIpc) is 3.61. The van der Waals surface area contributed by atoms with Gasteiger partial charge in [0, 0.05) is 41.0 Å². The normalized spacial score (nSPS) is 16.0. The van der Waals surface area contributed by atoms with Crippen molar-refractivity contribution in [3.8, 4) is 10.4 Å². The molecule has 4 aromatic heterocycles. The fourth-order valence-corrected chi connectivity index (χ4v) is 5.44. The molecule has 1 saturated heterocycles. The van der Waals surface area contributed by atoms with Crippen molar-refractivity contribution in [1.82, 2.24) is 29.3 Å². The van der Waals surface area contributed by atoms with Crippen LogP contribution in [0.15, 0.2) is 37.1 Å². The largest absolute Gasteiger partial charge is 0.383 e. The van der Waals surface area contributed by atoms with Gasteiger partial charge in [0.25, 0.3) is 5.91 Å². The van der Waals surface area contributed by atoms with E-state index in [1.165, 1.54) is 11.3 Å². The number of fused-ring (bicyclic) bond motifs is 1. The smallest absolute Gasteiger partial charge is 0.260 e. The van der Waals surface area contributed by atoms with E-state index < -0.39 is 0 Å². The average molecular weight is 513 g/mol. The number of nitrogens with zero attached hydrogens (tertiary/aromatic N) is 6. The lowest BCUT2D eigenvalue weighted by Gasteiger charge is -2.23. The Morgan fingerprint density at radius 2 is 2.08 bits per heavy atom. The van der Waals surface area contributed by atoms with E-state index in [4.69, 9.17) is 4.74 Å². The van der Waals surface area contributed by atoms with Crippen molar-refractivity contribution < 1.29 is 17.2 Å². The Morgan fingerprint density at radius 3 is 2.86 bits per heavy atom. The van der Waals surface area contributed by atoms with Gasteiger partial charge in [0.1, 0.15) is 4.83 Å². The lowest BCUT2D eigenvalue weighted by molar-refractivity contribution is -0.117. The molecule has 1 fully saturated rings. The summed E-state index contributed by atoms with van der Waals surface area (Å²) in [6.45, 7) is 3.58. The summed E-state index contributed by atoms with van der Waals surface area (Å²) < 4.78 is 8.70. The van der Waals surface area contributed by atoms with Gasteiger partial charge in [-0.25, -0.2) is 4.52 Å². The molecule has 0 spiro atoms. The van der Waals surface area contributed by atoms with E-state index in [1.807, 2.05) is 19.4 Å². The third-order valence-corrected chi connectivity index (χ3v) is 7.41. The first-order valence-electron chi connectivity index (χ1n) is 11.7. The van der Waals surface area contributed by atoms with Crippen LogP contribution >= 0.6 is 11.3 Å². The summed E-state index contributed by atoms with van der Waals surface area (Å²) in [4.78, 5) is 34.0. The quantitative estimate of drug-likeness (QED) is 0.372. The summed E-state index contributed by atoms with van der Waals surface area (Å²) >= 11 is 1.47. The molecule has 5 rings (SSSR count). The first kappa shape index (κ1) is 24.1. The third-order valence-electron chi connectivity index (χ3n) is 6.25. The Morgan fingerprint density at radius 1 is 1.22 bits per heavy atom. The Balaban J connectivity index is 0.00000200. The van der Waals surface area contributed by atoms with Crippen molar-refractivity contribution in [2.24, 2.45) is 7.05 Å². The minimum absolute atomic E-state index is 0. The SMILES string of the molecule is COCC1CCCN1CC(=O)Nc1cnc(C)c(NC(=O)c2cnn3cc(-c4cnn(C)c4)sc23)c1.[HH].[HH]. The van der Waals surface area contributed by atoms with Gasteiger partial charge in [-0.1, -0.05) is 0 Å². The monoisotopic (exact) mass is 512 g/mol. The highest BCUT2D eigenvalue weighted by molar-refractivity contribution is 7.21. The van der Waals surface area contributed by atoms with E-state index in [-0.39, 0.29) is 27.3 Å². The molecule has 12 heteroatoms. The number of aryl methyl sites for hydroxylation is 2. The maximum Gasteiger partial charge on any atom is 0.260 e. The Bertz CT molecular complexity index is 1420. The standard InChI is InChI=1S/C24H28N8O3S.2H2/c1-15-20(7-17(9-25-15)28-22(33)13-31-6-4-5-18(31)14-35-3)29-23(34)19-10-27-32-12-21(36-24(19)32)16-8-26-30(2)11-16;;/h7-12,18H,4-6,13-14H2,1-3H3,(H,28,33)(H,29,34);2*1H. The van der Waals surface area contributed by atoms with Gasteiger partial charge in [-0.05, 0) is 32.4 Å². The predicted molar refractivity (Wildman–Crippen MR) is 142 cm³/mol. The summed E-state index contributed by atoms with van der Waals surface area (Å²) in [5, 5.41) is 14.4. The Hall–Kier alpha value is -3.61. The number of likely N-dealkylation sites (tertiary alicyclic amines) is 1. The van der Waals surface area contributed by atoms with Crippen LogP contribution in [0.1, 0.15) is 31.7 Å². The summed E-state index contributed by atoms with van der Waals surface area (Å²) in [7, 11) is 3.54. The highest BCUT2D eigenvalue weighted by atomic mass is 32.1. The summed E-state index contributed by atoms with van der Waals surface area (Å²) in [5.41, 5.74) is 3.12. The molecule has 0 bridgehead atoms. The van der Waals surface area contributed by atoms with Crippen LogP contribution in [0.2, 0.25) is 0 Å². The molecule has 0 aromatic carbocycles. The molecular formula is C24H32N8O3S. The number of amides is 2. The Kier molecular flexibility index (Phi) is 6.81. The molecule has 0 saturated carbocycles. The highest BCUT2D eigenvalue weighted by Gasteiger charge is 2.26. The Labute approximate surface area is 215 Å². The van der Waals surface area contributed by atoms with Crippen molar-refractivity contribution >= 4 is 39.4 Å². The zero-order valence-corrected chi connectivity index (χ0v) is 21.2. The van der Waals surface area contributed by atoms with Crippen LogP contribution in [0.3, 0.4) is 0 Å². The van der Waals surface area contributed by atoms with E-state index in [2.05, 4.69) is 30.7 Å². The molecular weight excluding hydrogens is 480 g/mol. The van der Waals surface area contributed by atoms with Gasteiger partial charge in [0.2, 0.25) is 5.91 Å². The number of pyridine rings is 1. The van der Waals surface area contributed by atoms with Crippen molar-refractivity contribution in [3.05, 3.63) is 48.3 Å². The number of methoxy groups -OCH3 is 1. The van der Waals surface area contributed by atoms with Crippen LogP contribution in [-0.2, 0) is 16.6 Å². The van der Waals surface area contributed by atoms with Gasteiger partial charge in [-0.15, -0.1) is 11.3 Å². The van der Waals surface area contributed by atoms with E-state index in [1.54, 1.807) is 47.9 Å². The van der Waals surface area contributed by atoms with E-state index in [0.29, 0.717) is 29.2 Å². The number of hydrogen-bond donors (Lipinski definition) is 2. The molecule has 1 unspecified atom stereocenters. The fourth-order valence-electron chi connectivity index (χ4n) is 4.41. The third kappa shape index (κ3) is 5.01. The van der Waals surface area contributed by atoms with Crippen molar-refractivity contribution in [2.75, 3.05) is 37.4 Å². The number of thiazole rings is 1. The van der Waals surface area contributed by atoms with Gasteiger partial charge < -0.3 is 15.4 Å². The zero-order valence-electron chi connectivity index (χ0n) is 20.4. The van der Waals surface area contributed by atoms with Crippen LogP contribution in [0, 0.1) is 6.92 Å². The first-order chi connectivity index (χ1) is 17.4. The van der Waals surface area contributed by atoms with Crippen LogP contribution in [0.5, 0.6) is 0 Å². The second-order valence-electron chi connectivity index (χ2n) is 8.89. The number of carbonyl (C=O) groups is 2. The van der Waals surface area contributed by atoms with Gasteiger partial charge >= 0.3 is 0 Å². The molecule has 11 nitrogen and oxygen atoms in total. The minimum atomic E-state index is -0.294. The molecule has 192 valence electrons. The van der Waals surface area contributed by atoms with Crippen LogP contribution in [0.25, 0.3) is 15.3 Å².